The first-order valence-corrected chi connectivity index (χ1v) is 11.9. The molecule has 0 aliphatic rings. The number of para-hydroxylation sites is 1. The average molecular weight is 419 g/mol. The van der Waals surface area contributed by atoms with Crippen molar-refractivity contribution in [3.05, 3.63) is 68.5 Å². The molecule has 4 heteroatoms. The molecule has 0 saturated carbocycles. The summed E-state index contributed by atoms with van der Waals surface area (Å²) in [5.74, 6) is 0. The fourth-order valence-corrected chi connectivity index (χ4v) is 7.63. The van der Waals surface area contributed by atoms with Crippen LogP contribution in [0.4, 0.5) is 0 Å². The van der Waals surface area contributed by atoms with Gasteiger partial charge < -0.3 is 0 Å². The predicted octanol–water partition coefficient (Wildman–Crippen LogP) is 4.14. The molecule has 2 aromatic carbocycles. The van der Waals surface area contributed by atoms with E-state index in [1.807, 2.05) is 53.1 Å². The number of hydrogen-bond acceptors (Lipinski definition) is 1. The summed E-state index contributed by atoms with van der Waals surface area (Å²) in [6.07, 6.45) is 0. The lowest BCUT2D eigenvalue weighted by Crippen LogP contribution is -2.50. The third-order valence-corrected chi connectivity index (χ3v) is 7.25. The average Bonchev–Trinajstić information content (AvgIpc) is 2.50. The lowest BCUT2D eigenvalue weighted by Gasteiger charge is -2.25. The first kappa shape index (κ1) is 15.5. The van der Waals surface area contributed by atoms with E-state index >= 15 is 0 Å². The quantitative estimate of drug-likeness (QED) is 0.452. The highest BCUT2D eigenvalue weighted by Crippen LogP contribution is 2.21. The van der Waals surface area contributed by atoms with Crippen molar-refractivity contribution in [1.82, 2.24) is 4.57 Å². The second-order valence-corrected chi connectivity index (χ2v) is 12.5. The minimum atomic E-state index is -1.70. The van der Waals surface area contributed by atoms with E-state index in [0.29, 0.717) is 0 Å². The number of benzene rings is 2. The van der Waals surface area contributed by atoms with E-state index < -0.39 is 8.07 Å². The second-order valence-electron chi connectivity index (χ2n) is 6.43. The van der Waals surface area contributed by atoms with Gasteiger partial charge in [0.15, 0.2) is 0 Å². The Kier molecular flexibility index (Phi) is 3.99. The van der Waals surface area contributed by atoms with Gasteiger partial charge in [0.05, 0.1) is 0 Å². The molecule has 0 amide bonds. The number of pyridine rings is 1. The minimum absolute atomic E-state index is 0.0830. The van der Waals surface area contributed by atoms with Gasteiger partial charge in [0, 0.05) is 25.3 Å². The number of halogens is 1. The van der Waals surface area contributed by atoms with Crippen LogP contribution in [0.2, 0.25) is 19.6 Å². The van der Waals surface area contributed by atoms with Gasteiger partial charge in [0.1, 0.15) is 8.07 Å². The van der Waals surface area contributed by atoms with Gasteiger partial charge in [-0.25, -0.2) is 0 Å². The molecule has 0 bridgehead atoms. The highest BCUT2D eigenvalue weighted by Gasteiger charge is 2.27. The van der Waals surface area contributed by atoms with Crippen molar-refractivity contribution < 1.29 is 0 Å². The molecule has 0 fully saturated rings. The highest BCUT2D eigenvalue weighted by molar-refractivity contribution is 14.1. The van der Waals surface area contributed by atoms with Crippen LogP contribution in [-0.4, -0.2) is 12.6 Å². The lowest BCUT2D eigenvalue weighted by molar-refractivity contribution is 1.03. The molecule has 0 aliphatic carbocycles. The van der Waals surface area contributed by atoms with Crippen LogP contribution in [0.25, 0.3) is 16.5 Å². The lowest BCUT2D eigenvalue weighted by atomic mass is 10.1. The van der Waals surface area contributed by atoms with E-state index in [1.54, 1.807) is 0 Å². The molecular weight excluding hydrogens is 401 g/mol. The van der Waals surface area contributed by atoms with Crippen LogP contribution < -0.4 is 10.9 Å². The zero-order valence-electron chi connectivity index (χ0n) is 12.9. The summed E-state index contributed by atoms with van der Waals surface area (Å²) in [4.78, 5) is 13.1. The van der Waals surface area contributed by atoms with Crippen molar-refractivity contribution in [2.24, 2.45) is 0 Å². The van der Waals surface area contributed by atoms with Crippen LogP contribution in [0.3, 0.4) is 0 Å². The molecule has 0 unspecified atom stereocenters. The molecule has 3 aromatic rings. The molecule has 112 valence electrons. The maximum Gasteiger partial charge on any atom is 0.262 e. The van der Waals surface area contributed by atoms with Crippen LogP contribution in [-0.2, 0) is 0 Å². The third-order valence-electron chi connectivity index (χ3n) is 3.75. The van der Waals surface area contributed by atoms with Crippen LogP contribution in [0, 0.1) is 3.57 Å². The molecule has 0 atom stereocenters. The van der Waals surface area contributed by atoms with Gasteiger partial charge in [-0.1, -0.05) is 56.0 Å². The van der Waals surface area contributed by atoms with E-state index in [2.05, 4.69) is 48.3 Å². The van der Waals surface area contributed by atoms with Gasteiger partial charge in [0.25, 0.3) is 5.56 Å². The summed E-state index contributed by atoms with van der Waals surface area (Å²) in [5.41, 5.74) is 1.04. The van der Waals surface area contributed by atoms with E-state index in [-0.39, 0.29) is 5.56 Å². The summed E-state index contributed by atoms with van der Waals surface area (Å²) in [7, 11) is -1.70. The summed E-state index contributed by atoms with van der Waals surface area (Å²) in [6, 6.07) is 17.9. The number of nitrogens with zero attached hydrogens (tertiary/aromatic N) is 1. The molecule has 1 aromatic heterocycles. The third kappa shape index (κ3) is 2.54. The molecule has 22 heavy (non-hydrogen) atoms. The Labute approximate surface area is 144 Å². The standard InChI is InChI=1S/C18H18INOSi/c1-22(2,3)18-16(19)14-11-7-8-12-15(14)17(21)20(18)13-9-5-4-6-10-13/h4-12H,1-3H3. The molecule has 0 aliphatic heterocycles. The summed E-state index contributed by atoms with van der Waals surface area (Å²) >= 11 is 2.41. The van der Waals surface area contributed by atoms with E-state index in [9.17, 15) is 4.79 Å². The van der Waals surface area contributed by atoms with Crippen LogP contribution in [0.1, 0.15) is 0 Å². The Morgan fingerprint density at radius 3 is 2.00 bits per heavy atom. The van der Waals surface area contributed by atoms with Crippen LogP contribution in [0.15, 0.2) is 59.4 Å². The Morgan fingerprint density at radius 2 is 1.41 bits per heavy atom. The molecule has 2 nitrogen and oxygen atoms in total. The Balaban J connectivity index is 2.55. The second kappa shape index (κ2) is 5.66. The van der Waals surface area contributed by atoms with Crippen molar-refractivity contribution in [1.29, 1.82) is 0 Å². The van der Waals surface area contributed by atoms with Crippen molar-refractivity contribution in [2.45, 2.75) is 19.6 Å². The Bertz CT molecular complexity index is 895. The number of rotatable bonds is 2. The van der Waals surface area contributed by atoms with E-state index in [4.69, 9.17) is 0 Å². The molecule has 1 heterocycles. The first-order valence-electron chi connectivity index (χ1n) is 7.30. The Hall–Kier alpha value is -1.40. The van der Waals surface area contributed by atoms with Gasteiger partial charge in [-0.05, 0) is 40.8 Å². The molecular formula is C18H18INOSi. The molecule has 0 N–H and O–H groups in total. The van der Waals surface area contributed by atoms with E-state index in [0.717, 1.165) is 16.5 Å². The van der Waals surface area contributed by atoms with Crippen molar-refractivity contribution in [2.75, 3.05) is 0 Å². The molecule has 0 radical (unpaired) electrons. The van der Waals surface area contributed by atoms with Gasteiger partial charge in [0.2, 0.25) is 0 Å². The van der Waals surface area contributed by atoms with Crippen molar-refractivity contribution in [3.8, 4) is 5.69 Å². The smallest absolute Gasteiger partial charge is 0.262 e. The summed E-state index contributed by atoms with van der Waals surface area (Å²) in [6.45, 7) is 6.87. The van der Waals surface area contributed by atoms with Gasteiger partial charge >= 0.3 is 0 Å². The monoisotopic (exact) mass is 419 g/mol. The maximum atomic E-state index is 13.1. The fraction of sp³-hybridized carbons (Fsp3) is 0.167. The topological polar surface area (TPSA) is 22.0 Å². The first-order chi connectivity index (χ1) is 10.4. The largest absolute Gasteiger partial charge is 0.284 e. The maximum absolute atomic E-state index is 13.1. The molecule has 0 saturated heterocycles. The van der Waals surface area contributed by atoms with Crippen molar-refractivity contribution >= 4 is 46.8 Å². The van der Waals surface area contributed by atoms with Gasteiger partial charge in [-0.2, -0.15) is 0 Å². The highest BCUT2D eigenvalue weighted by atomic mass is 127. The summed E-state index contributed by atoms with van der Waals surface area (Å²) in [5, 5.41) is 3.05. The zero-order chi connectivity index (χ0) is 15.9. The van der Waals surface area contributed by atoms with Gasteiger partial charge in [-0.3, -0.25) is 9.36 Å². The number of hydrogen-bond donors (Lipinski definition) is 0. The SMILES string of the molecule is C[Si](C)(C)c1c(I)c2ccccc2c(=O)n1-c1ccccc1. The fourth-order valence-electron chi connectivity index (χ4n) is 2.80. The van der Waals surface area contributed by atoms with Crippen LogP contribution >= 0.6 is 22.6 Å². The number of aromatic nitrogens is 1. The zero-order valence-corrected chi connectivity index (χ0v) is 16.1. The number of fused-ring (bicyclic) bond motifs is 1. The normalized spacial score (nSPS) is 11.8. The van der Waals surface area contributed by atoms with Gasteiger partial charge in [-0.15, -0.1) is 0 Å². The summed E-state index contributed by atoms with van der Waals surface area (Å²) < 4.78 is 3.13. The predicted molar refractivity (Wildman–Crippen MR) is 105 cm³/mol. The van der Waals surface area contributed by atoms with Crippen LogP contribution in [0.5, 0.6) is 0 Å². The molecule has 3 rings (SSSR count). The molecule has 0 spiro atoms. The van der Waals surface area contributed by atoms with Crippen molar-refractivity contribution in [3.63, 3.8) is 0 Å². The van der Waals surface area contributed by atoms with E-state index in [1.165, 1.54) is 8.89 Å². The Morgan fingerprint density at radius 1 is 0.864 bits per heavy atom. The minimum Gasteiger partial charge on any atom is -0.284 e.